The van der Waals surface area contributed by atoms with Crippen LogP contribution in [0.25, 0.3) is 0 Å². The standard InChI is InChI=1S/C17H26N5O/c1-13-3-4-22(16(9-13)17(18)23)15-10-14(11-19-12-15)21-7-5-20(2)6-8-21/h10-11,13,16H,3-9H2,1-2H3,(H2,18,23). The van der Waals surface area contributed by atoms with E-state index >= 15 is 0 Å². The van der Waals surface area contributed by atoms with Gasteiger partial charge >= 0.3 is 0 Å². The zero-order chi connectivity index (χ0) is 16.4. The van der Waals surface area contributed by atoms with Crippen molar-refractivity contribution < 1.29 is 4.79 Å². The quantitative estimate of drug-likeness (QED) is 0.890. The third-order valence-electron chi connectivity index (χ3n) is 5.03. The van der Waals surface area contributed by atoms with Crippen LogP contribution in [0.3, 0.4) is 0 Å². The Balaban J connectivity index is 1.79. The first-order valence-corrected chi connectivity index (χ1v) is 8.42. The van der Waals surface area contributed by atoms with Crippen molar-refractivity contribution in [1.82, 2.24) is 9.88 Å². The molecular weight excluding hydrogens is 290 g/mol. The minimum Gasteiger partial charge on any atom is -0.368 e. The van der Waals surface area contributed by atoms with Crippen molar-refractivity contribution in [2.75, 3.05) is 49.6 Å². The number of rotatable bonds is 3. The molecule has 2 aliphatic heterocycles. The van der Waals surface area contributed by atoms with Crippen molar-refractivity contribution in [2.24, 2.45) is 11.7 Å². The second-order valence-electron chi connectivity index (χ2n) is 6.86. The summed E-state index contributed by atoms with van der Waals surface area (Å²) < 4.78 is 0. The molecule has 0 spiro atoms. The molecule has 0 aromatic carbocycles. The number of pyridine rings is 1. The fourth-order valence-corrected chi connectivity index (χ4v) is 3.46. The van der Waals surface area contributed by atoms with E-state index in [0.29, 0.717) is 5.92 Å². The first kappa shape index (κ1) is 16.1. The molecule has 1 amide bonds. The predicted octanol–water partition coefficient (Wildman–Crippen LogP) is 0.724. The van der Waals surface area contributed by atoms with Crippen LogP contribution < -0.4 is 15.5 Å². The Bertz CT molecular complexity index is 556. The number of primary amides is 1. The van der Waals surface area contributed by atoms with Gasteiger partial charge in [-0.2, -0.15) is 0 Å². The molecule has 6 heteroatoms. The maximum Gasteiger partial charge on any atom is 0.240 e. The number of nitrogens with zero attached hydrogens (tertiary/aromatic N) is 4. The van der Waals surface area contributed by atoms with E-state index in [9.17, 15) is 4.79 Å². The summed E-state index contributed by atoms with van der Waals surface area (Å²) in [5.74, 6) is 0.271. The lowest BCUT2D eigenvalue weighted by Gasteiger charge is -2.39. The predicted molar refractivity (Wildman–Crippen MR) is 91.5 cm³/mol. The monoisotopic (exact) mass is 316 g/mol. The van der Waals surface area contributed by atoms with Crippen molar-refractivity contribution in [3.05, 3.63) is 18.5 Å². The van der Waals surface area contributed by atoms with E-state index in [1.165, 1.54) is 0 Å². The first-order valence-electron chi connectivity index (χ1n) is 8.42. The lowest BCUT2D eigenvalue weighted by atomic mass is 9.91. The molecule has 1 aromatic heterocycles. The van der Waals surface area contributed by atoms with Crippen molar-refractivity contribution >= 4 is 17.3 Å². The van der Waals surface area contributed by atoms with Gasteiger partial charge in [0.25, 0.3) is 0 Å². The van der Waals surface area contributed by atoms with Crippen LogP contribution in [0.4, 0.5) is 11.4 Å². The van der Waals surface area contributed by atoms with Gasteiger partial charge in [-0.15, -0.1) is 0 Å². The number of anilines is 2. The van der Waals surface area contributed by atoms with Gasteiger partial charge in [0.1, 0.15) is 12.2 Å². The summed E-state index contributed by atoms with van der Waals surface area (Å²) in [7, 11) is 2.14. The molecule has 0 aliphatic carbocycles. The number of aromatic nitrogens is 1. The van der Waals surface area contributed by atoms with Crippen molar-refractivity contribution in [1.29, 1.82) is 0 Å². The van der Waals surface area contributed by atoms with Gasteiger partial charge in [-0.25, -0.2) is 0 Å². The highest BCUT2D eigenvalue weighted by atomic mass is 16.1. The van der Waals surface area contributed by atoms with Crippen molar-refractivity contribution in [3.8, 4) is 0 Å². The van der Waals surface area contributed by atoms with Crippen LogP contribution in [0.1, 0.15) is 19.8 Å². The zero-order valence-corrected chi connectivity index (χ0v) is 14.0. The topological polar surface area (TPSA) is 65.7 Å². The molecule has 2 fully saturated rings. The van der Waals surface area contributed by atoms with E-state index in [1.807, 2.05) is 6.20 Å². The number of piperazine rings is 1. The average Bonchev–Trinajstić information content (AvgIpc) is 2.55. The van der Waals surface area contributed by atoms with Crippen molar-refractivity contribution in [3.63, 3.8) is 0 Å². The lowest BCUT2D eigenvalue weighted by molar-refractivity contribution is -0.120. The summed E-state index contributed by atoms with van der Waals surface area (Å²) in [6.45, 7) is 7.11. The van der Waals surface area contributed by atoms with Crippen LogP contribution in [0.15, 0.2) is 12.3 Å². The average molecular weight is 316 g/mol. The molecule has 2 unspecified atom stereocenters. The highest BCUT2D eigenvalue weighted by Gasteiger charge is 2.31. The molecule has 2 N–H and O–H groups in total. The van der Waals surface area contributed by atoms with Crippen LogP contribution in [0.5, 0.6) is 0 Å². The second-order valence-corrected chi connectivity index (χ2v) is 6.86. The van der Waals surface area contributed by atoms with Crippen molar-refractivity contribution in [2.45, 2.75) is 25.8 Å². The van der Waals surface area contributed by atoms with Gasteiger partial charge in [-0.3, -0.25) is 9.78 Å². The number of piperidine rings is 1. The molecule has 0 bridgehead atoms. The highest BCUT2D eigenvalue weighted by Crippen LogP contribution is 2.29. The number of hydrogen-bond donors (Lipinski definition) is 1. The molecule has 1 aromatic rings. The van der Waals surface area contributed by atoms with Gasteiger partial charge in [-0.05, 0) is 31.9 Å². The summed E-state index contributed by atoms with van der Waals surface area (Å²) in [4.78, 5) is 22.9. The van der Waals surface area contributed by atoms with E-state index in [0.717, 1.165) is 56.9 Å². The Morgan fingerprint density at radius 2 is 2.04 bits per heavy atom. The highest BCUT2D eigenvalue weighted by molar-refractivity contribution is 5.84. The van der Waals surface area contributed by atoms with Gasteiger partial charge in [-0.1, -0.05) is 6.92 Å². The summed E-state index contributed by atoms with van der Waals surface area (Å²) in [6, 6.07) is 1.85. The van der Waals surface area contributed by atoms with Crippen LogP contribution in [0.2, 0.25) is 0 Å². The van der Waals surface area contributed by atoms with Crippen LogP contribution in [-0.4, -0.2) is 61.6 Å². The Morgan fingerprint density at radius 3 is 2.74 bits per heavy atom. The SMILES string of the molecule is CC1CCN(c2[c]ncc(N3CCN(C)CC3)c2)C(C(N)=O)C1. The summed E-state index contributed by atoms with van der Waals surface area (Å²) in [5.41, 5.74) is 7.61. The third-order valence-corrected chi connectivity index (χ3v) is 5.03. The first-order chi connectivity index (χ1) is 11.0. The largest absolute Gasteiger partial charge is 0.368 e. The second kappa shape index (κ2) is 6.74. The van der Waals surface area contributed by atoms with Gasteiger partial charge in [0.2, 0.25) is 5.91 Å². The van der Waals surface area contributed by atoms with Gasteiger partial charge in [0.05, 0.1) is 17.6 Å². The molecule has 23 heavy (non-hydrogen) atoms. The summed E-state index contributed by atoms with van der Waals surface area (Å²) in [5, 5.41) is 0. The summed E-state index contributed by atoms with van der Waals surface area (Å²) in [6.07, 6.45) is 6.79. The van der Waals surface area contributed by atoms with E-state index in [4.69, 9.17) is 5.73 Å². The minimum atomic E-state index is -0.255. The minimum absolute atomic E-state index is 0.250. The zero-order valence-electron chi connectivity index (χ0n) is 14.0. The number of amides is 1. The van der Waals surface area contributed by atoms with Crippen LogP contribution in [0, 0.1) is 12.1 Å². The molecule has 125 valence electrons. The Morgan fingerprint density at radius 1 is 1.30 bits per heavy atom. The molecule has 0 saturated carbocycles. The van der Waals surface area contributed by atoms with E-state index in [1.54, 1.807) is 0 Å². The third kappa shape index (κ3) is 3.58. The van der Waals surface area contributed by atoms with E-state index < -0.39 is 0 Å². The number of nitrogens with two attached hydrogens (primary N) is 1. The van der Waals surface area contributed by atoms with E-state index in [2.05, 4.69) is 45.9 Å². The normalized spacial score (nSPS) is 26.3. The Hall–Kier alpha value is -1.82. The van der Waals surface area contributed by atoms with Gasteiger partial charge in [0.15, 0.2) is 0 Å². The number of hydrogen-bond acceptors (Lipinski definition) is 5. The lowest BCUT2D eigenvalue weighted by Crippen LogP contribution is -2.50. The molecule has 6 nitrogen and oxygen atoms in total. The van der Waals surface area contributed by atoms with E-state index in [-0.39, 0.29) is 11.9 Å². The molecule has 2 aliphatic rings. The Kier molecular flexibility index (Phi) is 4.71. The van der Waals surface area contributed by atoms with Crippen LogP contribution >= 0.6 is 0 Å². The Labute approximate surface area is 138 Å². The molecule has 2 atom stereocenters. The number of carbonyl (C=O) groups excluding carboxylic acids is 1. The maximum absolute atomic E-state index is 11.8. The fourth-order valence-electron chi connectivity index (χ4n) is 3.46. The smallest absolute Gasteiger partial charge is 0.240 e. The maximum atomic E-state index is 11.8. The molecule has 1 radical (unpaired) electrons. The van der Waals surface area contributed by atoms with Gasteiger partial charge < -0.3 is 20.4 Å². The van der Waals surface area contributed by atoms with Gasteiger partial charge in [0, 0.05) is 32.7 Å². The molecular formula is C17H26N5O. The van der Waals surface area contributed by atoms with Crippen LogP contribution in [-0.2, 0) is 4.79 Å². The summed E-state index contributed by atoms with van der Waals surface area (Å²) >= 11 is 0. The number of likely N-dealkylation sites (N-methyl/N-ethyl adjacent to an activating group) is 1. The molecule has 3 heterocycles. The molecule has 2 saturated heterocycles. The fraction of sp³-hybridized carbons (Fsp3) is 0.647. The molecule has 3 rings (SSSR count). The number of carbonyl (C=O) groups is 1.